The van der Waals surface area contributed by atoms with Crippen LogP contribution in [0.3, 0.4) is 0 Å². The lowest BCUT2D eigenvalue weighted by Crippen LogP contribution is -2.36. The number of aryl methyl sites for hydroxylation is 1. The lowest BCUT2D eigenvalue weighted by Gasteiger charge is -2.28. The van der Waals surface area contributed by atoms with E-state index < -0.39 is 0 Å². The number of carbonyl (C=O) groups is 1. The van der Waals surface area contributed by atoms with Gasteiger partial charge in [0.05, 0.1) is 20.3 Å². The molecule has 0 radical (unpaired) electrons. The molecular weight excluding hydrogens is 340 g/mol. The van der Waals surface area contributed by atoms with E-state index in [4.69, 9.17) is 9.47 Å². The number of anilines is 1. The van der Waals surface area contributed by atoms with Crippen LogP contribution in [0.5, 0.6) is 5.75 Å². The molecule has 1 fully saturated rings. The maximum atomic E-state index is 12.1. The lowest BCUT2D eigenvalue weighted by atomic mass is 10.1. The Kier molecular flexibility index (Phi) is 7.11. The first kappa shape index (κ1) is 19.2. The Morgan fingerprint density at radius 3 is 2.59 bits per heavy atom. The number of morpholine rings is 1. The van der Waals surface area contributed by atoms with Crippen molar-refractivity contribution >= 4 is 11.6 Å². The topological polar surface area (TPSA) is 50.8 Å². The fourth-order valence-electron chi connectivity index (χ4n) is 3.22. The fraction of sp³-hybridized carbons (Fsp3) is 0.409. The predicted molar refractivity (Wildman–Crippen MR) is 108 cm³/mol. The molecule has 1 N–H and O–H groups in total. The van der Waals surface area contributed by atoms with Crippen molar-refractivity contribution in [2.75, 3.05) is 44.9 Å². The molecule has 1 saturated heterocycles. The van der Waals surface area contributed by atoms with Gasteiger partial charge in [-0.3, -0.25) is 4.79 Å². The van der Waals surface area contributed by atoms with E-state index in [-0.39, 0.29) is 5.91 Å². The summed E-state index contributed by atoms with van der Waals surface area (Å²) in [6, 6.07) is 16.5. The second kappa shape index (κ2) is 9.97. The van der Waals surface area contributed by atoms with Crippen molar-refractivity contribution in [2.24, 2.45) is 0 Å². The molecule has 5 nitrogen and oxygen atoms in total. The minimum Gasteiger partial charge on any atom is -0.497 e. The van der Waals surface area contributed by atoms with Gasteiger partial charge in [0.15, 0.2) is 0 Å². The van der Waals surface area contributed by atoms with E-state index in [9.17, 15) is 4.79 Å². The molecular formula is C22H28N2O3. The zero-order chi connectivity index (χ0) is 18.9. The van der Waals surface area contributed by atoms with E-state index in [1.807, 2.05) is 24.3 Å². The zero-order valence-corrected chi connectivity index (χ0v) is 15.9. The second-order valence-electron chi connectivity index (χ2n) is 6.72. The van der Waals surface area contributed by atoms with Gasteiger partial charge >= 0.3 is 0 Å². The number of methoxy groups -OCH3 is 1. The summed E-state index contributed by atoms with van der Waals surface area (Å²) >= 11 is 0. The average Bonchev–Trinajstić information content (AvgIpc) is 2.73. The predicted octanol–water partition coefficient (Wildman–Crippen LogP) is 2.82. The molecule has 0 atom stereocenters. The summed E-state index contributed by atoms with van der Waals surface area (Å²) in [5.74, 6) is 0.913. The van der Waals surface area contributed by atoms with Gasteiger partial charge in [-0.1, -0.05) is 24.3 Å². The van der Waals surface area contributed by atoms with Crippen LogP contribution in [0.15, 0.2) is 48.5 Å². The first-order valence-electron chi connectivity index (χ1n) is 9.56. The highest BCUT2D eigenvalue weighted by Crippen LogP contribution is 2.17. The number of benzene rings is 2. The summed E-state index contributed by atoms with van der Waals surface area (Å²) in [5, 5.41) is 3.01. The van der Waals surface area contributed by atoms with E-state index in [0.29, 0.717) is 13.0 Å². The van der Waals surface area contributed by atoms with Crippen molar-refractivity contribution < 1.29 is 14.3 Å². The third-order valence-corrected chi connectivity index (χ3v) is 4.82. The van der Waals surface area contributed by atoms with Gasteiger partial charge in [0.1, 0.15) is 5.75 Å². The molecule has 0 aliphatic carbocycles. The molecule has 1 aliphatic rings. The Balaban J connectivity index is 1.38. The molecule has 0 unspecified atom stereocenters. The zero-order valence-electron chi connectivity index (χ0n) is 15.9. The normalized spacial score (nSPS) is 14.0. The van der Waals surface area contributed by atoms with Crippen LogP contribution in [-0.2, 0) is 22.4 Å². The maximum absolute atomic E-state index is 12.1. The average molecular weight is 368 g/mol. The molecule has 2 aromatic rings. The molecule has 1 heterocycles. The first-order chi connectivity index (χ1) is 13.2. The Morgan fingerprint density at radius 2 is 1.85 bits per heavy atom. The molecule has 1 aliphatic heterocycles. The Morgan fingerprint density at radius 1 is 1.07 bits per heavy atom. The van der Waals surface area contributed by atoms with Gasteiger partial charge in [-0.05, 0) is 48.2 Å². The van der Waals surface area contributed by atoms with Crippen molar-refractivity contribution in [3.8, 4) is 5.75 Å². The van der Waals surface area contributed by atoms with Crippen LogP contribution >= 0.6 is 0 Å². The van der Waals surface area contributed by atoms with E-state index in [1.165, 1.54) is 11.3 Å². The van der Waals surface area contributed by atoms with Crippen LogP contribution in [0.2, 0.25) is 0 Å². The number of carbonyl (C=O) groups excluding carboxylic acids is 1. The molecule has 0 saturated carbocycles. The number of nitrogens with zero attached hydrogens (tertiary/aromatic N) is 1. The number of nitrogens with one attached hydrogen (secondary N) is 1. The van der Waals surface area contributed by atoms with Gasteiger partial charge in [0.25, 0.3) is 0 Å². The molecule has 144 valence electrons. The van der Waals surface area contributed by atoms with Crippen LogP contribution in [0.1, 0.15) is 17.5 Å². The smallest absolute Gasteiger partial charge is 0.220 e. The maximum Gasteiger partial charge on any atom is 0.220 e. The molecule has 27 heavy (non-hydrogen) atoms. The molecule has 5 heteroatoms. The summed E-state index contributed by atoms with van der Waals surface area (Å²) in [6.07, 6.45) is 2.05. The van der Waals surface area contributed by atoms with Gasteiger partial charge in [-0.25, -0.2) is 0 Å². The minimum atomic E-state index is 0.0859. The van der Waals surface area contributed by atoms with E-state index in [1.54, 1.807) is 7.11 Å². The molecule has 3 rings (SSSR count). The quantitative estimate of drug-likeness (QED) is 0.778. The number of amides is 1. The highest BCUT2D eigenvalue weighted by Gasteiger charge is 2.10. The van der Waals surface area contributed by atoms with Crippen LogP contribution in [-0.4, -0.2) is 45.9 Å². The third kappa shape index (κ3) is 6.00. The summed E-state index contributed by atoms with van der Waals surface area (Å²) in [6.45, 7) is 4.15. The van der Waals surface area contributed by atoms with Crippen molar-refractivity contribution in [1.29, 1.82) is 0 Å². The molecule has 1 amide bonds. The molecule has 0 aromatic heterocycles. The van der Waals surface area contributed by atoms with Crippen molar-refractivity contribution in [2.45, 2.75) is 19.3 Å². The summed E-state index contributed by atoms with van der Waals surface area (Å²) in [4.78, 5) is 14.4. The Bertz CT molecular complexity index is 725. The SMILES string of the molecule is COc1cccc(CCC(=O)NCCc2ccc(N3CCOCC3)cc2)c1. The van der Waals surface area contributed by atoms with Crippen molar-refractivity contribution in [3.05, 3.63) is 59.7 Å². The Hall–Kier alpha value is -2.53. The summed E-state index contributed by atoms with van der Waals surface area (Å²) in [5.41, 5.74) is 3.59. The van der Waals surface area contributed by atoms with Crippen LogP contribution in [0, 0.1) is 0 Å². The van der Waals surface area contributed by atoms with Crippen LogP contribution < -0.4 is 15.0 Å². The van der Waals surface area contributed by atoms with Gasteiger partial charge in [-0.15, -0.1) is 0 Å². The highest BCUT2D eigenvalue weighted by molar-refractivity contribution is 5.76. The molecule has 0 spiro atoms. The number of rotatable bonds is 8. The van der Waals surface area contributed by atoms with E-state index in [0.717, 1.165) is 50.5 Å². The first-order valence-corrected chi connectivity index (χ1v) is 9.56. The fourth-order valence-corrected chi connectivity index (χ4v) is 3.22. The van der Waals surface area contributed by atoms with Gasteiger partial charge in [-0.2, -0.15) is 0 Å². The van der Waals surface area contributed by atoms with E-state index in [2.05, 4.69) is 34.5 Å². The minimum absolute atomic E-state index is 0.0859. The van der Waals surface area contributed by atoms with Gasteiger partial charge < -0.3 is 19.7 Å². The largest absolute Gasteiger partial charge is 0.497 e. The monoisotopic (exact) mass is 368 g/mol. The lowest BCUT2D eigenvalue weighted by molar-refractivity contribution is -0.121. The van der Waals surface area contributed by atoms with Crippen molar-refractivity contribution in [1.82, 2.24) is 5.32 Å². The van der Waals surface area contributed by atoms with Gasteiger partial charge in [0, 0.05) is 31.7 Å². The third-order valence-electron chi connectivity index (χ3n) is 4.82. The highest BCUT2D eigenvalue weighted by atomic mass is 16.5. The van der Waals surface area contributed by atoms with Crippen LogP contribution in [0.4, 0.5) is 5.69 Å². The number of hydrogen-bond donors (Lipinski definition) is 1. The van der Waals surface area contributed by atoms with E-state index >= 15 is 0 Å². The van der Waals surface area contributed by atoms with Gasteiger partial charge in [0.2, 0.25) is 5.91 Å². The summed E-state index contributed by atoms with van der Waals surface area (Å²) in [7, 11) is 1.65. The van der Waals surface area contributed by atoms with Crippen LogP contribution in [0.25, 0.3) is 0 Å². The molecule has 0 bridgehead atoms. The molecule has 2 aromatic carbocycles. The number of hydrogen-bond acceptors (Lipinski definition) is 4. The second-order valence-corrected chi connectivity index (χ2v) is 6.72. The number of ether oxygens (including phenoxy) is 2. The Labute approximate surface area is 161 Å². The van der Waals surface area contributed by atoms with Crippen molar-refractivity contribution in [3.63, 3.8) is 0 Å². The summed E-state index contributed by atoms with van der Waals surface area (Å²) < 4.78 is 10.6. The standard InChI is InChI=1S/C22H28N2O3/c1-26-21-4-2-3-19(17-21)7-10-22(25)23-12-11-18-5-8-20(9-6-18)24-13-15-27-16-14-24/h2-6,8-9,17H,7,10-16H2,1H3,(H,23,25).